The van der Waals surface area contributed by atoms with E-state index in [2.05, 4.69) is 10.6 Å². The molecule has 2 fully saturated rings. The second kappa shape index (κ2) is 9.22. The predicted octanol–water partition coefficient (Wildman–Crippen LogP) is 2.64. The van der Waals surface area contributed by atoms with Crippen molar-refractivity contribution in [2.24, 2.45) is 0 Å². The normalized spacial score (nSPS) is 21.7. The smallest absolute Gasteiger partial charge is 0.325 e. The molecular weight excluding hydrogens is 460 g/mol. The predicted molar refractivity (Wildman–Crippen MR) is 123 cm³/mol. The molecule has 1 saturated carbocycles. The Labute approximate surface area is 198 Å². The number of hydrogen-bond acceptors (Lipinski definition) is 6. The van der Waals surface area contributed by atoms with Crippen LogP contribution in [0.3, 0.4) is 0 Å². The monoisotopic (exact) mass is 488 g/mol. The number of rotatable bonds is 7. The third kappa shape index (κ3) is 4.45. The third-order valence-corrected chi connectivity index (χ3v) is 8.42. The van der Waals surface area contributed by atoms with Gasteiger partial charge in [-0.25, -0.2) is 13.2 Å². The summed E-state index contributed by atoms with van der Waals surface area (Å²) in [5.74, 6) is -0.930. The summed E-state index contributed by atoms with van der Waals surface area (Å²) in [7, 11) is -2.04. The molecule has 10 nitrogen and oxygen atoms in total. The van der Waals surface area contributed by atoms with Crippen LogP contribution in [0.15, 0.2) is 52.0 Å². The van der Waals surface area contributed by atoms with Crippen LogP contribution in [-0.4, -0.2) is 55.1 Å². The van der Waals surface area contributed by atoms with Crippen molar-refractivity contribution in [3.63, 3.8) is 0 Å². The Morgan fingerprint density at radius 1 is 1.18 bits per heavy atom. The summed E-state index contributed by atoms with van der Waals surface area (Å²) >= 11 is 0. The van der Waals surface area contributed by atoms with Crippen molar-refractivity contribution in [3.05, 3.63) is 48.4 Å². The summed E-state index contributed by atoms with van der Waals surface area (Å²) in [6.07, 6.45) is 6.27. The van der Waals surface area contributed by atoms with Gasteiger partial charge in [-0.1, -0.05) is 19.3 Å². The van der Waals surface area contributed by atoms with Crippen LogP contribution in [0.4, 0.5) is 10.5 Å². The zero-order valence-electron chi connectivity index (χ0n) is 19.1. The first-order valence-corrected chi connectivity index (χ1v) is 12.6. The molecule has 1 aromatic heterocycles. The van der Waals surface area contributed by atoms with Gasteiger partial charge in [0, 0.05) is 18.8 Å². The third-order valence-electron chi connectivity index (χ3n) is 6.49. The van der Waals surface area contributed by atoms with Crippen molar-refractivity contribution in [1.29, 1.82) is 0 Å². The van der Waals surface area contributed by atoms with E-state index in [1.807, 2.05) is 0 Å². The van der Waals surface area contributed by atoms with E-state index in [0.717, 1.165) is 37.0 Å². The van der Waals surface area contributed by atoms with Crippen LogP contribution in [0.5, 0.6) is 0 Å². The van der Waals surface area contributed by atoms with Gasteiger partial charge in [0.1, 0.15) is 12.3 Å². The molecule has 11 heteroatoms. The van der Waals surface area contributed by atoms with Gasteiger partial charge in [0.05, 0.1) is 11.2 Å². The number of nitrogens with zero attached hydrogens (tertiary/aromatic N) is 2. The highest BCUT2D eigenvalue weighted by Gasteiger charge is 2.51. The van der Waals surface area contributed by atoms with Crippen LogP contribution in [0.2, 0.25) is 0 Å². The molecule has 1 aliphatic heterocycles. The fraction of sp³-hybridized carbons (Fsp3) is 0.435. The molecule has 2 heterocycles. The van der Waals surface area contributed by atoms with E-state index < -0.39 is 40.0 Å². The Hall–Kier alpha value is -3.18. The first kappa shape index (κ1) is 24.0. The number of amides is 4. The molecule has 1 aliphatic carbocycles. The van der Waals surface area contributed by atoms with Gasteiger partial charge in [-0.05, 0) is 56.2 Å². The second-order valence-corrected chi connectivity index (χ2v) is 10.8. The highest BCUT2D eigenvalue weighted by molar-refractivity contribution is 7.89. The number of furan rings is 1. The van der Waals surface area contributed by atoms with Crippen LogP contribution in [-0.2, 0) is 25.2 Å². The van der Waals surface area contributed by atoms with E-state index in [4.69, 9.17) is 4.42 Å². The number of benzene rings is 1. The SMILES string of the molecule is CN(C1CCCCC1)S(=O)(=O)c1ccc(NC(=O)CN2C(=O)NC(C)(c3ccco3)C2=O)cc1. The number of imide groups is 1. The minimum absolute atomic E-state index is 0.00543. The van der Waals surface area contributed by atoms with Gasteiger partial charge in [-0.15, -0.1) is 0 Å². The summed E-state index contributed by atoms with van der Waals surface area (Å²) in [6, 6.07) is 8.31. The van der Waals surface area contributed by atoms with E-state index in [1.54, 1.807) is 19.2 Å². The summed E-state index contributed by atoms with van der Waals surface area (Å²) in [5.41, 5.74) is -1.04. The lowest BCUT2D eigenvalue weighted by atomic mass is 9.96. The Balaban J connectivity index is 1.39. The zero-order chi connectivity index (χ0) is 24.5. The summed E-state index contributed by atoms with van der Waals surface area (Å²) < 4.78 is 32.6. The standard InChI is InChI=1S/C23H28N4O6S/c1-23(19-9-6-14-33-19)21(29)27(22(30)25-23)15-20(28)24-16-10-12-18(13-11-16)34(31,32)26(2)17-7-4-3-5-8-17/h6,9-14,17H,3-5,7-8,15H2,1-2H3,(H,24,28)(H,25,30). The maximum atomic E-state index is 13.0. The van der Waals surface area contributed by atoms with Crippen molar-refractivity contribution in [1.82, 2.24) is 14.5 Å². The first-order valence-electron chi connectivity index (χ1n) is 11.2. The molecule has 4 rings (SSSR count). The average molecular weight is 489 g/mol. The molecule has 182 valence electrons. The largest absolute Gasteiger partial charge is 0.466 e. The number of hydrogen-bond donors (Lipinski definition) is 2. The Morgan fingerprint density at radius 3 is 2.47 bits per heavy atom. The van der Waals surface area contributed by atoms with E-state index in [-0.39, 0.29) is 16.7 Å². The molecule has 2 N–H and O–H groups in total. The lowest BCUT2D eigenvalue weighted by molar-refractivity contribution is -0.134. The first-order chi connectivity index (χ1) is 16.1. The summed E-state index contributed by atoms with van der Waals surface area (Å²) in [5, 5.41) is 5.15. The number of sulfonamides is 1. The van der Waals surface area contributed by atoms with Gasteiger partial charge >= 0.3 is 6.03 Å². The molecule has 34 heavy (non-hydrogen) atoms. The van der Waals surface area contributed by atoms with Crippen molar-refractivity contribution < 1.29 is 27.2 Å². The van der Waals surface area contributed by atoms with Crippen LogP contribution in [0, 0.1) is 0 Å². The van der Waals surface area contributed by atoms with Gasteiger partial charge in [-0.3, -0.25) is 14.5 Å². The fourth-order valence-electron chi connectivity index (χ4n) is 4.43. The molecule has 1 unspecified atom stereocenters. The van der Waals surface area contributed by atoms with Crippen molar-refractivity contribution in [2.75, 3.05) is 18.9 Å². The van der Waals surface area contributed by atoms with Gasteiger partial charge in [-0.2, -0.15) is 4.31 Å². The number of carbonyl (C=O) groups excluding carboxylic acids is 3. The molecule has 2 aliphatic rings. The van der Waals surface area contributed by atoms with Gasteiger partial charge < -0.3 is 15.1 Å². The van der Waals surface area contributed by atoms with Crippen LogP contribution >= 0.6 is 0 Å². The van der Waals surface area contributed by atoms with E-state index in [1.165, 1.54) is 41.8 Å². The van der Waals surface area contributed by atoms with Gasteiger partial charge in [0.2, 0.25) is 15.9 Å². The topological polar surface area (TPSA) is 129 Å². The second-order valence-electron chi connectivity index (χ2n) is 8.81. The average Bonchev–Trinajstić information content (AvgIpc) is 3.44. The highest BCUT2D eigenvalue weighted by atomic mass is 32.2. The van der Waals surface area contributed by atoms with Crippen LogP contribution in [0.1, 0.15) is 44.8 Å². The zero-order valence-corrected chi connectivity index (χ0v) is 19.9. The lowest BCUT2D eigenvalue weighted by Crippen LogP contribution is -2.41. The Morgan fingerprint density at radius 2 is 1.85 bits per heavy atom. The Kier molecular flexibility index (Phi) is 6.50. The fourth-order valence-corrected chi connectivity index (χ4v) is 5.85. The van der Waals surface area contributed by atoms with Gasteiger partial charge in [0.25, 0.3) is 5.91 Å². The van der Waals surface area contributed by atoms with E-state index in [0.29, 0.717) is 5.69 Å². The lowest BCUT2D eigenvalue weighted by Gasteiger charge is -2.30. The van der Waals surface area contributed by atoms with E-state index >= 15 is 0 Å². The molecule has 1 aromatic carbocycles. The molecule has 1 saturated heterocycles. The number of urea groups is 1. The summed E-state index contributed by atoms with van der Waals surface area (Å²) in [6.45, 7) is 1.01. The van der Waals surface area contributed by atoms with Crippen molar-refractivity contribution in [3.8, 4) is 0 Å². The highest BCUT2D eigenvalue weighted by Crippen LogP contribution is 2.29. The van der Waals surface area contributed by atoms with Crippen LogP contribution in [0.25, 0.3) is 0 Å². The van der Waals surface area contributed by atoms with Crippen molar-refractivity contribution in [2.45, 2.75) is 55.5 Å². The number of anilines is 1. The molecule has 0 spiro atoms. The van der Waals surface area contributed by atoms with E-state index in [9.17, 15) is 22.8 Å². The number of nitrogens with one attached hydrogen (secondary N) is 2. The molecule has 0 bridgehead atoms. The minimum Gasteiger partial charge on any atom is -0.466 e. The van der Waals surface area contributed by atoms with Gasteiger partial charge in [0.15, 0.2) is 5.54 Å². The molecule has 0 radical (unpaired) electrons. The molecule has 2 aromatic rings. The van der Waals surface area contributed by atoms with Crippen molar-refractivity contribution >= 4 is 33.6 Å². The molecule has 4 amide bonds. The minimum atomic E-state index is -3.65. The quantitative estimate of drug-likeness (QED) is 0.577. The Bertz CT molecular complexity index is 1170. The maximum Gasteiger partial charge on any atom is 0.325 e. The summed E-state index contributed by atoms with van der Waals surface area (Å²) in [4.78, 5) is 38.6. The molecular formula is C23H28N4O6S. The van der Waals surface area contributed by atoms with Crippen LogP contribution < -0.4 is 10.6 Å². The maximum absolute atomic E-state index is 13.0. The molecule has 1 atom stereocenters. The number of carbonyl (C=O) groups is 3.